The summed E-state index contributed by atoms with van der Waals surface area (Å²) in [5.74, 6) is 0. The third kappa shape index (κ3) is 3.50. The molecule has 1 aliphatic rings. The lowest BCUT2D eigenvalue weighted by molar-refractivity contribution is -0.917. The van der Waals surface area contributed by atoms with E-state index >= 15 is 0 Å². The summed E-state index contributed by atoms with van der Waals surface area (Å²) in [7, 11) is -3.53. The summed E-state index contributed by atoms with van der Waals surface area (Å²) in [4.78, 5) is 6.23. The van der Waals surface area contributed by atoms with E-state index in [0.717, 1.165) is 30.2 Å². The number of piperazine rings is 1. The lowest BCUT2D eigenvalue weighted by atomic mass is 10.3. The Kier molecular flexibility index (Phi) is 4.98. The van der Waals surface area contributed by atoms with Crippen molar-refractivity contribution in [2.75, 3.05) is 26.2 Å². The zero-order valence-electron chi connectivity index (χ0n) is 14.1. The third-order valence-corrected chi connectivity index (χ3v) is 8.06. The molecule has 0 bridgehead atoms. The van der Waals surface area contributed by atoms with Crippen molar-refractivity contribution in [3.8, 4) is 0 Å². The number of hydrogen-bond acceptors (Lipinski definition) is 4. The molecule has 0 aliphatic carbocycles. The fourth-order valence-corrected chi connectivity index (χ4v) is 6.20. The highest BCUT2D eigenvalue weighted by Crippen LogP contribution is 2.24. The Labute approximate surface area is 161 Å². The molecule has 0 unspecified atom stereocenters. The average molecular weight is 409 g/mol. The number of hydrogen-bond donors (Lipinski definition) is 1. The minimum Gasteiger partial charge on any atom is -0.327 e. The number of nitrogens with one attached hydrogen (secondary N) is 1. The highest BCUT2D eigenvalue weighted by molar-refractivity contribution is 7.89. The van der Waals surface area contributed by atoms with Crippen molar-refractivity contribution in [2.45, 2.75) is 11.4 Å². The van der Waals surface area contributed by atoms with Gasteiger partial charge in [-0.1, -0.05) is 35.9 Å². The van der Waals surface area contributed by atoms with Gasteiger partial charge in [-0.2, -0.15) is 4.31 Å². The van der Waals surface area contributed by atoms with Crippen LogP contribution < -0.4 is 4.90 Å². The Morgan fingerprint density at radius 3 is 2.50 bits per heavy atom. The van der Waals surface area contributed by atoms with E-state index in [9.17, 15) is 8.42 Å². The lowest BCUT2D eigenvalue weighted by Gasteiger charge is -2.31. The first-order chi connectivity index (χ1) is 12.5. The first-order valence-corrected chi connectivity index (χ1v) is 11.1. The van der Waals surface area contributed by atoms with Crippen LogP contribution in [0.4, 0.5) is 0 Å². The number of quaternary nitrogens is 1. The van der Waals surface area contributed by atoms with Gasteiger partial charge in [-0.25, -0.2) is 13.4 Å². The van der Waals surface area contributed by atoms with Crippen LogP contribution in [-0.4, -0.2) is 43.9 Å². The summed E-state index contributed by atoms with van der Waals surface area (Å²) in [6.45, 7) is 3.35. The second-order valence-corrected chi connectivity index (χ2v) is 9.77. The molecule has 0 radical (unpaired) electrons. The first kappa shape index (κ1) is 17.9. The van der Waals surface area contributed by atoms with Crippen LogP contribution >= 0.6 is 22.9 Å². The standard InChI is InChI=1S/C18H18ClN3O2S2/c19-14-5-1-4-8-17(14)26(23,24)22-11-9-21(10-12-22)13-18-20-15-6-2-3-7-16(15)25-18/h1-8H,9-13H2/p+1. The minimum absolute atomic E-state index is 0.191. The van der Waals surface area contributed by atoms with Crippen molar-refractivity contribution < 1.29 is 13.3 Å². The van der Waals surface area contributed by atoms with Crippen LogP contribution in [0.2, 0.25) is 5.02 Å². The van der Waals surface area contributed by atoms with Crippen LogP contribution in [0.1, 0.15) is 5.01 Å². The van der Waals surface area contributed by atoms with Crippen molar-refractivity contribution in [1.82, 2.24) is 9.29 Å². The largest absolute Gasteiger partial charge is 0.327 e. The zero-order valence-corrected chi connectivity index (χ0v) is 16.4. The van der Waals surface area contributed by atoms with Crippen LogP contribution in [0.25, 0.3) is 10.2 Å². The molecule has 0 atom stereocenters. The predicted octanol–water partition coefficient (Wildman–Crippen LogP) is 2.04. The molecule has 1 fully saturated rings. The monoisotopic (exact) mass is 408 g/mol. The van der Waals surface area contributed by atoms with Gasteiger partial charge in [-0.05, 0) is 24.3 Å². The van der Waals surface area contributed by atoms with Crippen molar-refractivity contribution in [3.63, 3.8) is 0 Å². The number of rotatable bonds is 4. The first-order valence-electron chi connectivity index (χ1n) is 8.47. The smallest absolute Gasteiger partial charge is 0.244 e. The molecular formula is C18H19ClN3O2S2+. The molecule has 1 aliphatic heterocycles. The fourth-order valence-electron chi connectivity index (χ4n) is 3.22. The minimum atomic E-state index is -3.53. The van der Waals surface area contributed by atoms with Crippen LogP contribution in [0.3, 0.4) is 0 Å². The molecule has 2 heterocycles. The number of halogens is 1. The Balaban J connectivity index is 1.43. The number of para-hydroxylation sites is 1. The average Bonchev–Trinajstić information content (AvgIpc) is 3.04. The number of sulfonamides is 1. The van der Waals surface area contributed by atoms with Crippen LogP contribution in [0, 0.1) is 0 Å². The molecule has 0 saturated carbocycles. The molecule has 0 amide bonds. The molecule has 8 heteroatoms. The zero-order chi connectivity index (χ0) is 18.1. The van der Waals surface area contributed by atoms with Crippen LogP contribution in [-0.2, 0) is 16.6 Å². The Bertz CT molecular complexity index is 995. The van der Waals surface area contributed by atoms with E-state index in [-0.39, 0.29) is 9.92 Å². The van der Waals surface area contributed by atoms with Crippen LogP contribution in [0.15, 0.2) is 53.4 Å². The third-order valence-electron chi connectivity index (χ3n) is 4.62. The van der Waals surface area contributed by atoms with E-state index < -0.39 is 10.0 Å². The maximum absolute atomic E-state index is 12.8. The maximum Gasteiger partial charge on any atom is 0.244 e. The molecule has 2 aromatic carbocycles. The van der Waals surface area contributed by atoms with E-state index in [4.69, 9.17) is 11.6 Å². The van der Waals surface area contributed by atoms with Gasteiger partial charge in [0.2, 0.25) is 10.0 Å². The summed E-state index contributed by atoms with van der Waals surface area (Å²) in [5.41, 5.74) is 1.03. The molecule has 136 valence electrons. The number of nitrogens with zero attached hydrogens (tertiary/aromatic N) is 2. The summed E-state index contributed by atoms with van der Waals surface area (Å²) in [5, 5.41) is 1.38. The van der Waals surface area contributed by atoms with Gasteiger partial charge in [0.05, 0.1) is 41.4 Å². The van der Waals surface area contributed by atoms with E-state index in [1.807, 2.05) is 18.2 Å². The number of thiazole rings is 1. The number of aromatic nitrogens is 1. The number of benzene rings is 2. The van der Waals surface area contributed by atoms with E-state index in [0.29, 0.717) is 13.1 Å². The lowest BCUT2D eigenvalue weighted by Crippen LogP contribution is -3.13. The topological polar surface area (TPSA) is 54.7 Å². The highest BCUT2D eigenvalue weighted by atomic mass is 35.5. The quantitative estimate of drug-likeness (QED) is 0.718. The van der Waals surface area contributed by atoms with Gasteiger partial charge in [0.1, 0.15) is 16.4 Å². The van der Waals surface area contributed by atoms with E-state index in [1.54, 1.807) is 35.6 Å². The summed E-state index contributed by atoms with van der Waals surface area (Å²) in [6, 6.07) is 14.8. The van der Waals surface area contributed by atoms with Gasteiger partial charge in [-0.3, -0.25) is 0 Å². The second-order valence-electron chi connectivity index (χ2n) is 6.34. The van der Waals surface area contributed by atoms with Crippen LogP contribution in [0.5, 0.6) is 0 Å². The number of fused-ring (bicyclic) bond motifs is 1. The predicted molar refractivity (Wildman–Crippen MR) is 104 cm³/mol. The van der Waals surface area contributed by atoms with Gasteiger partial charge in [0, 0.05) is 0 Å². The van der Waals surface area contributed by atoms with Gasteiger partial charge in [0.15, 0.2) is 0 Å². The maximum atomic E-state index is 12.8. The molecule has 0 spiro atoms. The molecule has 5 nitrogen and oxygen atoms in total. The van der Waals surface area contributed by atoms with E-state index in [2.05, 4.69) is 11.1 Å². The summed E-state index contributed by atoms with van der Waals surface area (Å²) < 4.78 is 28.4. The summed E-state index contributed by atoms with van der Waals surface area (Å²) in [6.07, 6.45) is 0. The van der Waals surface area contributed by atoms with E-state index in [1.165, 1.54) is 13.9 Å². The van der Waals surface area contributed by atoms with Crippen molar-refractivity contribution >= 4 is 43.2 Å². The molecule has 3 aromatic rings. The Morgan fingerprint density at radius 2 is 1.77 bits per heavy atom. The van der Waals surface area contributed by atoms with Gasteiger partial charge in [-0.15, -0.1) is 11.3 Å². The molecular weight excluding hydrogens is 390 g/mol. The highest BCUT2D eigenvalue weighted by Gasteiger charge is 2.31. The summed E-state index contributed by atoms with van der Waals surface area (Å²) >= 11 is 7.80. The van der Waals surface area contributed by atoms with Crippen molar-refractivity contribution in [1.29, 1.82) is 0 Å². The van der Waals surface area contributed by atoms with Crippen molar-refractivity contribution in [3.05, 3.63) is 58.6 Å². The van der Waals surface area contributed by atoms with Gasteiger partial charge < -0.3 is 4.90 Å². The molecule has 1 saturated heterocycles. The van der Waals surface area contributed by atoms with Crippen molar-refractivity contribution in [2.24, 2.45) is 0 Å². The Morgan fingerprint density at radius 1 is 1.08 bits per heavy atom. The molecule has 1 aromatic heterocycles. The molecule has 1 N–H and O–H groups in total. The Hall–Kier alpha value is -1.51. The van der Waals surface area contributed by atoms with Gasteiger partial charge >= 0.3 is 0 Å². The SMILES string of the molecule is O=S(=O)(c1ccccc1Cl)N1CC[NH+](Cc2nc3ccccc3s2)CC1. The fraction of sp³-hybridized carbons (Fsp3) is 0.278. The van der Waals surface area contributed by atoms with Gasteiger partial charge in [0.25, 0.3) is 0 Å². The molecule has 26 heavy (non-hydrogen) atoms. The molecule has 4 rings (SSSR count). The second kappa shape index (κ2) is 7.25. The normalized spacial score (nSPS) is 17.0.